The van der Waals surface area contributed by atoms with Gasteiger partial charge in [0.15, 0.2) is 0 Å². The van der Waals surface area contributed by atoms with Gasteiger partial charge in [-0.15, -0.1) is 11.3 Å². The summed E-state index contributed by atoms with van der Waals surface area (Å²) >= 11 is 6.18. The fourth-order valence-corrected chi connectivity index (χ4v) is 1.68. The van der Waals surface area contributed by atoms with Crippen molar-refractivity contribution in [1.29, 1.82) is 0 Å². The predicted molar refractivity (Wildman–Crippen MR) is 65.1 cm³/mol. The largest absolute Gasteiger partial charge is 0.393 e. The zero-order valence-corrected chi connectivity index (χ0v) is 10.2. The number of nitrogens with one attached hydrogen (secondary N) is 1. The standard InChI is InChI=1S/C9H13N3OS2/c1-5(8(10)14)3-12-9(13)7-4-11-6(2)15-7/h4-5H,3H2,1-2H3,(H2,10,14)(H,12,13). The van der Waals surface area contributed by atoms with Crippen LogP contribution in [0.1, 0.15) is 21.6 Å². The first-order valence-corrected chi connectivity index (χ1v) is 5.73. The molecular formula is C9H13N3OS2. The average molecular weight is 243 g/mol. The fraction of sp³-hybridized carbons (Fsp3) is 0.444. The Kier molecular flexibility index (Phi) is 4.16. The third-order valence-corrected chi connectivity index (χ3v) is 3.21. The predicted octanol–water partition coefficient (Wildman–Crippen LogP) is 1.10. The zero-order chi connectivity index (χ0) is 11.4. The topological polar surface area (TPSA) is 68.0 Å². The highest BCUT2D eigenvalue weighted by Gasteiger charge is 2.11. The molecule has 1 unspecified atom stereocenters. The third-order valence-electron chi connectivity index (χ3n) is 1.90. The molecule has 0 fully saturated rings. The second-order valence-corrected chi connectivity index (χ2v) is 4.96. The monoisotopic (exact) mass is 243 g/mol. The van der Waals surface area contributed by atoms with Crippen molar-refractivity contribution in [2.75, 3.05) is 6.54 Å². The van der Waals surface area contributed by atoms with Crippen molar-refractivity contribution in [3.05, 3.63) is 16.1 Å². The summed E-state index contributed by atoms with van der Waals surface area (Å²) in [5.74, 6) is -0.110. The van der Waals surface area contributed by atoms with E-state index < -0.39 is 0 Å². The van der Waals surface area contributed by atoms with Crippen molar-refractivity contribution >= 4 is 34.5 Å². The number of hydrogen-bond donors (Lipinski definition) is 2. The van der Waals surface area contributed by atoms with Crippen molar-refractivity contribution in [3.8, 4) is 0 Å². The molecule has 0 aliphatic heterocycles. The van der Waals surface area contributed by atoms with E-state index >= 15 is 0 Å². The van der Waals surface area contributed by atoms with Crippen LogP contribution in [0.3, 0.4) is 0 Å². The summed E-state index contributed by atoms with van der Waals surface area (Å²) in [4.78, 5) is 16.6. The molecule has 1 heterocycles. The minimum atomic E-state index is -0.122. The summed E-state index contributed by atoms with van der Waals surface area (Å²) in [7, 11) is 0. The summed E-state index contributed by atoms with van der Waals surface area (Å²) in [6, 6.07) is 0. The highest BCUT2D eigenvalue weighted by molar-refractivity contribution is 7.80. The van der Waals surface area contributed by atoms with Gasteiger partial charge in [0.25, 0.3) is 5.91 Å². The second kappa shape index (κ2) is 5.18. The highest BCUT2D eigenvalue weighted by atomic mass is 32.1. The van der Waals surface area contributed by atoms with Crippen LogP contribution in [0, 0.1) is 12.8 Å². The molecule has 0 spiro atoms. The van der Waals surface area contributed by atoms with Gasteiger partial charge in [-0.1, -0.05) is 19.1 Å². The van der Waals surface area contributed by atoms with E-state index in [0.29, 0.717) is 16.4 Å². The normalized spacial score (nSPS) is 12.1. The number of nitrogens with zero attached hydrogens (tertiary/aromatic N) is 1. The molecule has 1 rings (SSSR count). The molecule has 0 bridgehead atoms. The summed E-state index contributed by atoms with van der Waals surface area (Å²) < 4.78 is 0. The average Bonchev–Trinajstić information content (AvgIpc) is 2.60. The van der Waals surface area contributed by atoms with Gasteiger partial charge in [0.2, 0.25) is 0 Å². The minimum Gasteiger partial charge on any atom is -0.393 e. The number of thiocarbonyl (C=S) groups is 1. The van der Waals surface area contributed by atoms with Crippen LogP contribution in [0.5, 0.6) is 0 Å². The molecular weight excluding hydrogens is 230 g/mol. The Morgan fingerprint density at radius 2 is 2.47 bits per heavy atom. The maximum absolute atomic E-state index is 11.6. The maximum Gasteiger partial charge on any atom is 0.263 e. The molecule has 3 N–H and O–H groups in total. The van der Waals surface area contributed by atoms with Crippen LogP contribution in [-0.2, 0) is 0 Å². The Balaban J connectivity index is 2.47. The zero-order valence-electron chi connectivity index (χ0n) is 8.61. The van der Waals surface area contributed by atoms with Crippen molar-refractivity contribution < 1.29 is 4.79 Å². The molecule has 0 saturated heterocycles. The number of aryl methyl sites for hydroxylation is 1. The molecule has 0 aliphatic rings. The second-order valence-electron chi connectivity index (χ2n) is 3.26. The van der Waals surface area contributed by atoms with E-state index in [2.05, 4.69) is 10.3 Å². The van der Waals surface area contributed by atoms with Crippen LogP contribution in [0.4, 0.5) is 0 Å². The third kappa shape index (κ3) is 3.56. The molecule has 6 heteroatoms. The molecule has 15 heavy (non-hydrogen) atoms. The van der Waals surface area contributed by atoms with E-state index in [1.54, 1.807) is 6.20 Å². The molecule has 1 aromatic rings. The Morgan fingerprint density at radius 3 is 2.93 bits per heavy atom. The first kappa shape index (κ1) is 12.1. The summed E-state index contributed by atoms with van der Waals surface area (Å²) in [6.07, 6.45) is 1.57. The van der Waals surface area contributed by atoms with Gasteiger partial charge < -0.3 is 11.1 Å². The van der Waals surface area contributed by atoms with E-state index in [1.807, 2.05) is 13.8 Å². The number of nitrogens with two attached hydrogens (primary N) is 1. The number of thiazole rings is 1. The Bertz CT molecular complexity index is 375. The minimum absolute atomic E-state index is 0.0120. The van der Waals surface area contributed by atoms with Gasteiger partial charge in [-0.25, -0.2) is 4.98 Å². The molecule has 0 aromatic carbocycles. The lowest BCUT2D eigenvalue weighted by Gasteiger charge is -2.09. The van der Waals surface area contributed by atoms with Crippen LogP contribution < -0.4 is 11.1 Å². The van der Waals surface area contributed by atoms with Crippen molar-refractivity contribution in [2.24, 2.45) is 11.7 Å². The molecule has 0 radical (unpaired) electrons. The number of carbonyl (C=O) groups excluding carboxylic acids is 1. The lowest BCUT2D eigenvalue weighted by molar-refractivity contribution is 0.0955. The Hall–Kier alpha value is -1.01. The number of aromatic nitrogens is 1. The van der Waals surface area contributed by atoms with Crippen LogP contribution in [0.2, 0.25) is 0 Å². The van der Waals surface area contributed by atoms with Crippen LogP contribution >= 0.6 is 23.6 Å². The van der Waals surface area contributed by atoms with Crippen LogP contribution in [0.25, 0.3) is 0 Å². The van der Waals surface area contributed by atoms with Gasteiger partial charge in [-0.05, 0) is 6.92 Å². The molecule has 82 valence electrons. The van der Waals surface area contributed by atoms with Crippen LogP contribution in [0.15, 0.2) is 6.20 Å². The number of hydrogen-bond acceptors (Lipinski definition) is 4. The summed E-state index contributed by atoms with van der Waals surface area (Å²) in [5, 5.41) is 3.63. The van der Waals surface area contributed by atoms with Crippen LogP contribution in [-0.4, -0.2) is 22.4 Å². The lowest BCUT2D eigenvalue weighted by atomic mass is 10.2. The summed E-state index contributed by atoms with van der Waals surface area (Å²) in [6.45, 7) is 4.20. The first-order valence-electron chi connectivity index (χ1n) is 4.50. The highest BCUT2D eigenvalue weighted by Crippen LogP contribution is 2.10. The maximum atomic E-state index is 11.6. The number of amides is 1. The van der Waals surface area contributed by atoms with E-state index in [0.717, 1.165) is 5.01 Å². The first-order chi connectivity index (χ1) is 7.00. The van der Waals surface area contributed by atoms with E-state index in [4.69, 9.17) is 18.0 Å². The smallest absolute Gasteiger partial charge is 0.263 e. The van der Waals surface area contributed by atoms with E-state index in [-0.39, 0.29) is 11.8 Å². The Labute approximate surface area is 97.9 Å². The molecule has 1 atom stereocenters. The molecule has 0 aliphatic carbocycles. The SMILES string of the molecule is Cc1ncc(C(=O)NCC(C)C(N)=S)s1. The number of rotatable bonds is 4. The van der Waals surface area contributed by atoms with Gasteiger partial charge in [0.05, 0.1) is 16.2 Å². The summed E-state index contributed by atoms with van der Waals surface area (Å²) in [5.41, 5.74) is 5.44. The van der Waals surface area contributed by atoms with Gasteiger partial charge in [-0.2, -0.15) is 0 Å². The molecule has 1 amide bonds. The fourth-order valence-electron chi connectivity index (χ4n) is 0.900. The van der Waals surface area contributed by atoms with Crippen molar-refractivity contribution in [3.63, 3.8) is 0 Å². The molecule has 0 saturated carbocycles. The van der Waals surface area contributed by atoms with E-state index in [9.17, 15) is 4.79 Å². The van der Waals surface area contributed by atoms with Gasteiger partial charge in [0, 0.05) is 12.5 Å². The molecule has 4 nitrogen and oxygen atoms in total. The van der Waals surface area contributed by atoms with E-state index in [1.165, 1.54) is 11.3 Å². The van der Waals surface area contributed by atoms with Gasteiger partial charge in [-0.3, -0.25) is 4.79 Å². The lowest BCUT2D eigenvalue weighted by Crippen LogP contribution is -2.33. The van der Waals surface area contributed by atoms with Gasteiger partial charge >= 0.3 is 0 Å². The van der Waals surface area contributed by atoms with Crippen molar-refractivity contribution in [1.82, 2.24) is 10.3 Å². The number of carbonyl (C=O) groups is 1. The Morgan fingerprint density at radius 1 is 1.80 bits per heavy atom. The van der Waals surface area contributed by atoms with Crippen molar-refractivity contribution in [2.45, 2.75) is 13.8 Å². The van der Waals surface area contributed by atoms with Gasteiger partial charge in [0.1, 0.15) is 4.88 Å². The molecule has 1 aromatic heterocycles. The quantitative estimate of drug-likeness (QED) is 0.777.